The van der Waals surface area contributed by atoms with Crippen LogP contribution in [-0.2, 0) is 13.1 Å². The lowest BCUT2D eigenvalue weighted by Gasteiger charge is -2.08. The van der Waals surface area contributed by atoms with Crippen LogP contribution in [0.5, 0.6) is 0 Å². The molecule has 0 amide bonds. The van der Waals surface area contributed by atoms with E-state index in [1.807, 2.05) is 6.92 Å². The summed E-state index contributed by atoms with van der Waals surface area (Å²) >= 11 is -0.00861. The molecule has 0 aliphatic heterocycles. The van der Waals surface area contributed by atoms with E-state index in [4.69, 9.17) is 0 Å². The van der Waals surface area contributed by atoms with E-state index in [0.717, 1.165) is 24.2 Å². The molecule has 18 heavy (non-hydrogen) atoms. The van der Waals surface area contributed by atoms with E-state index < -0.39 is 5.51 Å². The maximum absolute atomic E-state index is 12.0. The van der Waals surface area contributed by atoms with E-state index in [1.165, 1.54) is 0 Å². The van der Waals surface area contributed by atoms with Gasteiger partial charge in [-0.05, 0) is 31.7 Å². The largest absolute Gasteiger partial charge is 0.441 e. The number of alkyl halides is 3. The van der Waals surface area contributed by atoms with Crippen molar-refractivity contribution < 1.29 is 13.2 Å². The van der Waals surface area contributed by atoms with Crippen molar-refractivity contribution in [2.24, 2.45) is 0 Å². The van der Waals surface area contributed by atoms with Crippen molar-refractivity contribution >= 4 is 11.8 Å². The molecule has 0 radical (unpaired) electrons. The average Bonchev–Trinajstić information content (AvgIpc) is 2.60. The molecule has 1 aromatic heterocycles. The van der Waals surface area contributed by atoms with Gasteiger partial charge < -0.3 is 5.32 Å². The normalized spacial score (nSPS) is 12.1. The average molecular weight is 281 g/mol. The lowest BCUT2D eigenvalue weighted by Crippen LogP contribution is -2.14. The number of hydrogen-bond donors (Lipinski definition) is 1. The Morgan fingerprint density at radius 1 is 1.44 bits per heavy atom. The Bertz CT molecular complexity index is 363. The summed E-state index contributed by atoms with van der Waals surface area (Å²) in [6, 6.07) is 0. The molecule has 0 unspecified atom stereocenters. The first-order valence-corrected chi connectivity index (χ1v) is 6.85. The zero-order valence-electron chi connectivity index (χ0n) is 10.5. The Morgan fingerprint density at radius 2 is 2.17 bits per heavy atom. The van der Waals surface area contributed by atoms with Crippen molar-refractivity contribution in [2.45, 2.75) is 38.9 Å². The summed E-state index contributed by atoms with van der Waals surface area (Å²) in [6.07, 6.45) is 2.77. The fourth-order valence-electron chi connectivity index (χ4n) is 1.53. The van der Waals surface area contributed by atoms with E-state index in [1.54, 1.807) is 10.9 Å². The molecular formula is C11H18F3N3S. The number of nitrogens with one attached hydrogen (secondary N) is 1. The predicted octanol–water partition coefficient (Wildman–Crippen LogP) is 2.94. The van der Waals surface area contributed by atoms with Crippen molar-refractivity contribution in [1.82, 2.24) is 15.1 Å². The minimum atomic E-state index is -4.16. The Hall–Kier alpha value is -0.690. The highest BCUT2D eigenvalue weighted by Crippen LogP contribution is 2.30. The summed E-state index contributed by atoms with van der Waals surface area (Å²) in [6.45, 7) is 5.89. The first-order chi connectivity index (χ1) is 8.44. The third-order valence-electron chi connectivity index (χ3n) is 2.52. The fraction of sp³-hybridized carbons (Fsp3) is 0.727. The molecule has 0 saturated carbocycles. The van der Waals surface area contributed by atoms with Crippen LogP contribution in [0.1, 0.15) is 24.6 Å². The first-order valence-electron chi connectivity index (χ1n) is 5.86. The second-order valence-corrected chi connectivity index (χ2v) is 5.11. The van der Waals surface area contributed by atoms with Gasteiger partial charge in [0.1, 0.15) is 0 Å². The molecule has 0 atom stereocenters. The maximum atomic E-state index is 12.0. The van der Waals surface area contributed by atoms with Crippen LogP contribution in [0, 0.1) is 6.92 Å². The molecule has 0 fully saturated rings. The standard InChI is InChI=1S/C11H18F3N3S/c1-3-4-15-7-10-8-16-17(9(10)2)5-6-18-11(12,13)14/h8,15H,3-7H2,1-2H3. The van der Waals surface area contributed by atoms with E-state index >= 15 is 0 Å². The van der Waals surface area contributed by atoms with Gasteiger partial charge in [0.2, 0.25) is 0 Å². The van der Waals surface area contributed by atoms with Crippen LogP contribution in [0.25, 0.3) is 0 Å². The van der Waals surface area contributed by atoms with E-state index in [0.29, 0.717) is 6.54 Å². The van der Waals surface area contributed by atoms with Crippen LogP contribution >= 0.6 is 11.8 Å². The van der Waals surface area contributed by atoms with Crippen LogP contribution in [0.15, 0.2) is 6.20 Å². The summed E-state index contributed by atoms with van der Waals surface area (Å²) in [4.78, 5) is 0. The number of thioether (sulfide) groups is 1. The molecule has 0 aliphatic carbocycles. The number of rotatable bonds is 7. The molecular weight excluding hydrogens is 263 g/mol. The van der Waals surface area contributed by atoms with Gasteiger partial charge in [-0.3, -0.25) is 4.68 Å². The highest BCUT2D eigenvalue weighted by Gasteiger charge is 2.27. The number of halogens is 3. The molecule has 0 spiro atoms. The molecule has 0 aliphatic rings. The van der Waals surface area contributed by atoms with Crippen molar-refractivity contribution in [3.05, 3.63) is 17.5 Å². The summed E-state index contributed by atoms with van der Waals surface area (Å²) in [5.41, 5.74) is -2.19. The summed E-state index contributed by atoms with van der Waals surface area (Å²) < 4.78 is 37.6. The lowest BCUT2D eigenvalue weighted by molar-refractivity contribution is -0.0328. The maximum Gasteiger partial charge on any atom is 0.441 e. The molecule has 104 valence electrons. The predicted molar refractivity (Wildman–Crippen MR) is 67.5 cm³/mol. The second-order valence-electron chi connectivity index (χ2n) is 3.95. The quantitative estimate of drug-likeness (QED) is 0.779. The Kier molecular flexibility index (Phi) is 6.01. The van der Waals surface area contributed by atoms with Gasteiger partial charge in [0.15, 0.2) is 0 Å². The minimum Gasteiger partial charge on any atom is -0.313 e. The van der Waals surface area contributed by atoms with Gasteiger partial charge in [-0.1, -0.05) is 6.92 Å². The lowest BCUT2D eigenvalue weighted by atomic mass is 10.2. The summed E-state index contributed by atoms with van der Waals surface area (Å²) in [7, 11) is 0. The first kappa shape index (κ1) is 15.4. The van der Waals surface area contributed by atoms with Crippen molar-refractivity contribution in [1.29, 1.82) is 0 Å². The Morgan fingerprint density at radius 3 is 2.78 bits per heavy atom. The van der Waals surface area contributed by atoms with Crippen LogP contribution < -0.4 is 5.32 Å². The molecule has 0 aromatic carbocycles. The Balaban J connectivity index is 2.43. The zero-order chi connectivity index (χ0) is 13.6. The third kappa shape index (κ3) is 5.30. The van der Waals surface area contributed by atoms with Crippen LogP contribution in [0.4, 0.5) is 13.2 Å². The number of hydrogen-bond acceptors (Lipinski definition) is 3. The second kappa shape index (κ2) is 7.04. The summed E-state index contributed by atoms with van der Waals surface area (Å²) in [5.74, 6) is -0.00610. The highest BCUT2D eigenvalue weighted by molar-refractivity contribution is 8.00. The molecule has 0 saturated heterocycles. The number of aromatic nitrogens is 2. The third-order valence-corrected chi connectivity index (χ3v) is 3.23. The van der Waals surface area contributed by atoms with Gasteiger partial charge in [0.05, 0.1) is 12.7 Å². The van der Waals surface area contributed by atoms with Crippen molar-refractivity contribution in [3.8, 4) is 0 Å². The van der Waals surface area contributed by atoms with Crippen LogP contribution in [0.2, 0.25) is 0 Å². The fourth-order valence-corrected chi connectivity index (χ4v) is 2.03. The number of aryl methyl sites for hydroxylation is 1. The van der Waals surface area contributed by atoms with E-state index in [9.17, 15) is 13.2 Å². The van der Waals surface area contributed by atoms with Gasteiger partial charge >= 0.3 is 5.51 Å². The molecule has 0 bridgehead atoms. The molecule has 1 rings (SSSR count). The summed E-state index contributed by atoms with van der Waals surface area (Å²) in [5, 5.41) is 7.36. The van der Waals surface area contributed by atoms with Crippen LogP contribution in [0.3, 0.4) is 0 Å². The monoisotopic (exact) mass is 281 g/mol. The topological polar surface area (TPSA) is 29.9 Å². The molecule has 7 heteroatoms. The SMILES string of the molecule is CCCNCc1cnn(CCSC(F)(F)F)c1C. The van der Waals surface area contributed by atoms with Gasteiger partial charge in [-0.15, -0.1) is 0 Å². The highest BCUT2D eigenvalue weighted by atomic mass is 32.2. The van der Waals surface area contributed by atoms with E-state index in [2.05, 4.69) is 17.3 Å². The van der Waals surface area contributed by atoms with Crippen LogP contribution in [-0.4, -0.2) is 27.6 Å². The van der Waals surface area contributed by atoms with E-state index in [-0.39, 0.29) is 24.1 Å². The van der Waals surface area contributed by atoms with Crippen molar-refractivity contribution in [2.75, 3.05) is 12.3 Å². The van der Waals surface area contributed by atoms with Gasteiger partial charge in [-0.25, -0.2) is 0 Å². The van der Waals surface area contributed by atoms with Crippen molar-refractivity contribution in [3.63, 3.8) is 0 Å². The molecule has 3 nitrogen and oxygen atoms in total. The smallest absolute Gasteiger partial charge is 0.313 e. The number of nitrogens with zero attached hydrogens (tertiary/aromatic N) is 2. The van der Waals surface area contributed by atoms with Gasteiger partial charge in [0, 0.05) is 23.6 Å². The Labute approximate surface area is 109 Å². The molecule has 1 N–H and O–H groups in total. The molecule has 1 aromatic rings. The van der Waals surface area contributed by atoms with Gasteiger partial charge in [-0.2, -0.15) is 18.3 Å². The van der Waals surface area contributed by atoms with Gasteiger partial charge in [0.25, 0.3) is 0 Å². The molecule has 1 heterocycles. The zero-order valence-corrected chi connectivity index (χ0v) is 11.4. The minimum absolute atomic E-state index is 0.00610.